The fraction of sp³-hybridized carbons (Fsp3) is 0.500. The van der Waals surface area contributed by atoms with E-state index in [1.165, 1.54) is 22.0 Å². The molecular formula is C16H23N. The van der Waals surface area contributed by atoms with E-state index in [1.54, 1.807) is 0 Å². The first-order chi connectivity index (χ1) is 7.80. The highest BCUT2D eigenvalue weighted by molar-refractivity contribution is 5.85. The predicted molar refractivity (Wildman–Crippen MR) is 75.7 cm³/mol. The van der Waals surface area contributed by atoms with Crippen LogP contribution in [0.1, 0.15) is 51.7 Å². The van der Waals surface area contributed by atoms with Gasteiger partial charge in [-0.2, -0.15) is 0 Å². The Kier molecular flexibility index (Phi) is 2.81. The summed E-state index contributed by atoms with van der Waals surface area (Å²) >= 11 is 0. The van der Waals surface area contributed by atoms with Gasteiger partial charge >= 0.3 is 0 Å². The van der Waals surface area contributed by atoms with Gasteiger partial charge in [0.2, 0.25) is 0 Å². The number of hydrogen-bond donors (Lipinski definition) is 0. The minimum absolute atomic E-state index is 0.199. The Balaban J connectivity index is 2.80. The molecule has 0 fully saturated rings. The highest BCUT2D eigenvalue weighted by Gasteiger charge is 2.19. The van der Waals surface area contributed by atoms with Crippen molar-refractivity contribution in [1.29, 1.82) is 0 Å². The molecule has 92 valence electrons. The lowest BCUT2D eigenvalue weighted by atomic mass is 9.82. The first-order valence-corrected chi connectivity index (χ1v) is 6.40. The van der Waals surface area contributed by atoms with E-state index in [0.717, 1.165) is 0 Å². The molecule has 0 aliphatic carbocycles. The molecule has 0 radical (unpaired) electrons. The van der Waals surface area contributed by atoms with E-state index >= 15 is 0 Å². The van der Waals surface area contributed by atoms with E-state index in [-0.39, 0.29) is 5.41 Å². The zero-order valence-electron chi connectivity index (χ0n) is 11.8. The maximum Gasteiger partial charge on any atom is 0.0483 e. The quantitative estimate of drug-likeness (QED) is 0.673. The van der Waals surface area contributed by atoms with E-state index in [4.69, 9.17) is 0 Å². The molecule has 2 rings (SSSR count). The van der Waals surface area contributed by atoms with E-state index in [2.05, 4.69) is 70.6 Å². The zero-order valence-corrected chi connectivity index (χ0v) is 11.8. The predicted octanol–water partition coefficient (Wildman–Crippen LogP) is 4.60. The van der Waals surface area contributed by atoms with Crippen molar-refractivity contribution in [1.82, 2.24) is 4.57 Å². The maximum absolute atomic E-state index is 2.38. The second kappa shape index (κ2) is 3.90. The number of aryl methyl sites for hydroxylation is 1. The lowest BCUT2D eigenvalue weighted by Gasteiger charge is -2.22. The largest absolute Gasteiger partial charge is 0.351 e. The monoisotopic (exact) mass is 229 g/mol. The van der Waals surface area contributed by atoms with Crippen LogP contribution >= 0.6 is 0 Å². The third kappa shape index (κ3) is 2.11. The number of fused-ring (bicyclic) bond motifs is 1. The molecular weight excluding hydrogens is 206 g/mol. The summed E-state index contributed by atoms with van der Waals surface area (Å²) in [6.45, 7) is 11.4. The molecule has 0 saturated heterocycles. The summed E-state index contributed by atoms with van der Waals surface area (Å²) in [7, 11) is 2.12. The van der Waals surface area contributed by atoms with Gasteiger partial charge < -0.3 is 4.57 Å². The van der Waals surface area contributed by atoms with E-state index < -0.39 is 0 Å². The Morgan fingerprint density at radius 2 is 1.76 bits per heavy atom. The highest BCUT2D eigenvalue weighted by Crippen LogP contribution is 2.33. The number of rotatable bonds is 1. The molecule has 0 unspecified atom stereocenters. The number of benzene rings is 1. The summed E-state index contributed by atoms with van der Waals surface area (Å²) in [5.74, 6) is 0.579. The van der Waals surface area contributed by atoms with Crippen LogP contribution in [0.5, 0.6) is 0 Å². The molecule has 1 heteroatoms. The average Bonchev–Trinajstić information content (AvgIpc) is 2.58. The van der Waals surface area contributed by atoms with Crippen LogP contribution in [0.2, 0.25) is 0 Å². The normalized spacial score (nSPS) is 12.6. The Hall–Kier alpha value is -1.24. The van der Waals surface area contributed by atoms with Gasteiger partial charge in [-0.3, -0.25) is 0 Å². The Morgan fingerprint density at radius 3 is 2.29 bits per heavy atom. The summed E-state index contributed by atoms with van der Waals surface area (Å²) in [5, 5.41) is 1.39. The van der Waals surface area contributed by atoms with E-state index in [1.807, 2.05) is 0 Å². The minimum Gasteiger partial charge on any atom is -0.351 e. The van der Waals surface area contributed by atoms with Crippen molar-refractivity contribution in [2.75, 3.05) is 0 Å². The fourth-order valence-corrected chi connectivity index (χ4v) is 2.35. The maximum atomic E-state index is 2.38. The van der Waals surface area contributed by atoms with Gasteiger partial charge in [0, 0.05) is 24.1 Å². The van der Waals surface area contributed by atoms with Crippen LogP contribution in [0, 0.1) is 0 Å². The summed E-state index contributed by atoms with van der Waals surface area (Å²) < 4.78 is 2.22. The van der Waals surface area contributed by atoms with Gasteiger partial charge in [0.15, 0.2) is 0 Å². The smallest absolute Gasteiger partial charge is 0.0483 e. The van der Waals surface area contributed by atoms with Gasteiger partial charge in [-0.25, -0.2) is 0 Å². The summed E-state index contributed by atoms with van der Waals surface area (Å²) in [4.78, 5) is 0. The van der Waals surface area contributed by atoms with Gasteiger partial charge in [-0.05, 0) is 34.6 Å². The van der Waals surface area contributed by atoms with E-state index in [9.17, 15) is 0 Å². The Labute approximate surface area is 104 Å². The van der Waals surface area contributed by atoms with Crippen molar-refractivity contribution in [2.24, 2.45) is 7.05 Å². The Bertz CT molecular complexity index is 538. The molecule has 0 saturated carbocycles. The minimum atomic E-state index is 0.199. The van der Waals surface area contributed by atoms with Crippen LogP contribution in [0.15, 0.2) is 24.4 Å². The molecule has 1 aromatic heterocycles. The molecule has 1 aromatic carbocycles. The van der Waals surface area contributed by atoms with Crippen molar-refractivity contribution < 1.29 is 0 Å². The SMILES string of the molecule is CC(C)c1cc(C(C)(C)C)c2ccn(C)c2c1. The van der Waals surface area contributed by atoms with Crippen molar-refractivity contribution in [3.05, 3.63) is 35.5 Å². The molecule has 2 aromatic rings. The molecule has 0 aliphatic heterocycles. The topological polar surface area (TPSA) is 4.93 Å². The summed E-state index contributed by atoms with van der Waals surface area (Å²) in [6, 6.07) is 6.95. The van der Waals surface area contributed by atoms with Crippen LogP contribution in [-0.4, -0.2) is 4.57 Å². The molecule has 0 bridgehead atoms. The van der Waals surface area contributed by atoms with Gasteiger partial charge in [-0.15, -0.1) is 0 Å². The average molecular weight is 229 g/mol. The third-order valence-corrected chi connectivity index (χ3v) is 3.50. The highest BCUT2D eigenvalue weighted by atomic mass is 14.9. The van der Waals surface area contributed by atoms with Crippen LogP contribution in [-0.2, 0) is 12.5 Å². The second-order valence-corrected chi connectivity index (χ2v) is 6.33. The van der Waals surface area contributed by atoms with Crippen LogP contribution in [0.25, 0.3) is 10.9 Å². The molecule has 1 heterocycles. The van der Waals surface area contributed by atoms with Crippen molar-refractivity contribution >= 4 is 10.9 Å². The summed E-state index contributed by atoms with van der Waals surface area (Å²) in [5.41, 5.74) is 4.44. The van der Waals surface area contributed by atoms with Crippen LogP contribution in [0.3, 0.4) is 0 Å². The number of hydrogen-bond acceptors (Lipinski definition) is 0. The van der Waals surface area contributed by atoms with Crippen LogP contribution in [0.4, 0.5) is 0 Å². The van der Waals surface area contributed by atoms with E-state index in [0.29, 0.717) is 5.92 Å². The molecule has 1 nitrogen and oxygen atoms in total. The number of aromatic nitrogens is 1. The first-order valence-electron chi connectivity index (χ1n) is 6.40. The standard InChI is InChI=1S/C16H23N/c1-11(2)12-9-14(16(3,4)5)13-7-8-17(6)15(13)10-12/h7-11H,1-6H3. The number of nitrogens with zero attached hydrogens (tertiary/aromatic N) is 1. The van der Waals surface area contributed by atoms with Crippen LogP contribution < -0.4 is 0 Å². The molecule has 17 heavy (non-hydrogen) atoms. The molecule has 0 aliphatic rings. The molecule has 0 atom stereocenters. The fourth-order valence-electron chi connectivity index (χ4n) is 2.35. The van der Waals surface area contributed by atoms with Gasteiger partial charge in [-0.1, -0.05) is 40.7 Å². The van der Waals surface area contributed by atoms with Gasteiger partial charge in [0.1, 0.15) is 0 Å². The summed E-state index contributed by atoms with van der Waals surface area (Å²) in [6.07, 6.45) is 2.16. The van der Waals surface area contributed by atoms with Crippen molar-refractivity contribution in [3.8, 4) is 0 Å². The third-order valence-electron chi connectivity index (χ3n) is 3.50. The van der Waals surface area contributed by atoms with Gasteiger partial charge in [0.05, 0.1) is 0 Å². The van der Waals surface area contributed by atoms with Gasteiger partial charge in [0.25, 0.3) is 0 Å². The second-order valence-electron chi connectivity index (χ2n) is 6.33. The molecule has 0 spiro atoms. The Morgan fingerprint density at radius 1 is 1.12 bits per heavy atom. The zero-order chi connectivity index (χ0) is 12.8. The molecule has 0 N–H and O–H groups in total. The molecule has 0 amide bonds. The lowest BCUT2D eigenvalue weighted by molar-refractivity contribution is 0.594. The van der Waals surface area contributed by atoms with Crippen molar-refractivity contribution in [3.63, 3.8) is 0 Å². The lowest BCUT2D eigenvalue weighted by Crippen LogP contribution is -2.12. The first kappa shape index (κ1) is 12.2. The van der Waals surface area contributed by atoms with Crippen molar-refractivity contribution in [2.45, 2.75) is 46.0 Å².